The van der Waals surface area contributed by atoms with Crippen molar-refractivity contribution >= 4 is 17.2 Å². The number of aromatic nitrogens is 2. The maximum absolute atomic E-state index is 12.9. The van der Waals surface area contributed by atoms with Crippen LogP contribution in [0.4, 0.5) is 0 Å². The molecule has 1 aliphatic rings. The first-order valence-corrected chi connectivity index (χ1v) is 9.71. The van der Waals surface area contributed by atoms with Crippen LogP contribution in [0.25, 0.3) is 0 Å². The smallest absolute Gasteiger partial charge is 0.227 e. The summed E-state index contributed by atoms with van der Waals surface area (Å²) in [5, 5.41) is 6.74. The van der Waals surface area contributed by atoms with E-state index in [9.17, 15) is 4.79 Å². The van der Waals surface area contributed by atoms with Crippen LogP contribution in [0.3, 0.4) is 0 Å². The number of hydrogen-bond donors (Lipinski definition) is 0. The third-order valence-corrected chi connectivity index (χ3v) is 5.82. The number of nitrogens with zero attached hydrogens (tertiary/aromatic N) is 3. The van der Waals surface area contributed by atoms with Crippen LogP contribution < -0.4 is 0 Å². The highest BCUT2D eigenvalue weighted by Gasteiger charge is 2.31. The Labute approximate surface area is 148 Å². The number of thiophene rings is 1. The van der Waals surface area contributed by atoms with Crippen LogP contribution in [-0.4, -0.2) is 27.1 Å². The van der Waals surface area contributed by atoms with Gasteiger partial charge in [-0.05, 0) is 44.1 Å². The highest BCUT2D eigenvalue weighted by molar-refractivity contribution is 7.10. The normalized spacial score (nSPS) is 17.9. The Bertz CT molecular complexity index is 703. The molecule has 0 aliphatic carbocycles. The molecule has 0 saturated carbocycles. The first kappa shape index (κ1) is 17.2. The summed E-state index contributed by atoms with van der Waals surface area (Å²) >= 11 is 1.75. The lowest BCUT2D eigenvalue weighted by molar-refractivity contribution is -0.131. The van der Waals surface area contributed by atoms with Gasteiger partial charge in [-0.1, -0.05) is 19.9 Å². The number of carbonyl (C=O) groups is 1. The maximum atomic E-state index is 12.9. The summed E-state index contributed by atoms with van der Waals surface area (Å²) in [6, 6.07) is 4.49. The van der Waals surface area contributed by atoms with E-state index >= 15 is 0 Å². The minimum absolute atomic E-state index is 0.237. The Balaban J connectivity index is 1.76. The van der Waals surface area contributed by atoms with E-state index in [2.05, 4.69) is 53.0 Å². The van der Waals surface area contributed by atoms with Crippen LogP contribution in [0.5, 0.6) is 0 Å². The molecule has 2 aromatic heterocycles. The van der Waals surface area contributed by atoms with E-state index in [0.29, 0.717) is 12.3 Å². The Hall–Kier alpha value is -1.62. The van der Waals surface area contributed by atoms with Crippen molar-refractivity contribution in [2.45, 2.75) is 59.5 Å². The van der Waals surface area contributed by atoms with Crippen molar-refractivity contribution in [2.75, 3.05) is 6.54 Å². The third kappa shape index (κ3) is 3.41. The van der Waals surface area contributed by atoms with Crippen LogP contribution in [0.1, 0.15) is 54.6 Å². The summed E-state index contributed by atoms with van der Waals surface area (Å²) in [6.45, 7) is 10.3. The summed E-state index contributed by atoms with van der Waals surface area (Å²) in [5.41, 5.74) is 3.24. The summed E-state index contributed by atoms with van der Waals surface area (Å²) in [6.07, 6.45) is 2.65. The van der Waals surface area contributed by atoms with Crippen molar-refractivity contribution in [2.24, 2.45) is 5.92 Å². The SMILES string of the molecule is Cc1nn(CC(C)C)c(C)c1CC(=O)N1CCCC1c1cccs1. The first-order chi connectivity index (χ1) is 11.5. The number of amides is 1. The summed E-state index contributed by atoms with van der Waals surface area (Å²) in [7, 11) is 0. The second-order valence-electron chi connectivity index (χ2n) is 7.16. The zero-order chi connectivity index (χ0) is 17.3. The molecule has 1 atom stereocenters. The van der Waals surface area contributed by atoms with Gasteiger partial charge in [0.25, 0.3) is 0 Å². The maximum Gasteiger partial charge on any atom is 0.227 e. The van der Waals surface area contributed by atoms with Crippen LogP contribution in [0, 0.1) is 19.8 Å². The molecule has 3 heterocycles. The summed E-state index contributed by atoms with van der Waals surface area (Å²) in [4.78, 5) is 16.3. The lowest BCUT2D eigenvalue weighted by Crippen LogP contribution is -2.31. The average molecular weight is 346 g/mol. The van der Waals surface area contributed by atoms with Crippen molar-refractivity contribution in [1.29, 1.82) is 0 Å². The minimum atomic E-state index is 0.237. The number of aryl methyl sites for hydroxylation is 1. The standard InChI is InChI=1S/C19H27N3OS/c1-13(2)12-22-15(4)16(14(3)20-22)11-19(23)21-9-5-7-17(21)18-8-6-10-24-18/h6,8,10,13,17H,5,7,9,11-12H2,1-4H3. The molecule has 1 saturated heterocycles. The van der Waals surface area contributed by atoms with Gasteiger partial charge >= 0.3 is 0 Å². The molecule has 24 heavy (non-hydrogen) atoms. The largest absolute Gasteiger partial charge is 0.335 e. The third-order valence-electron chi connectivity index (χ3n) is 4.84. The molecule has 3 rings (SSSR count). The molecular weight excluding hydrogens is 318 g/mol. The van der Waals surface area contributed by atoms with Crippen LogP contribution in [0.15, 0.2) is 17.5 Å². The molecule has 0 radical (unpaired) electrons. The zero-order valence-corrected chi connectivity index (χ0v) is 15.9. The second-order valence-corrected chi connectivity index (χ2v) is 8.14. The number of carbonyl (C=O) groups excluding carboxylic acids is 1. The fourth-order valence-corrected chi connectivity index (χ4v) is 4.48. The van der Waals surface area contributed by atoms with E-state index < -0.39 is 0 Å². The molecule has 2 aromatic rings. The predicted octanol–water partition coefficient (Wildman–Crippen LogP) is 4.12. The number of likely N-dealkylation sites (tertiary alicyclic amines) is 1. The second kappa shape index (κ2) is 7.09. The quantitative estimate of drug-likeness (QED) is 0.817. The monoisotopic (exact) mass is 345 g/mol. The number of hydrogen-bond acceptors (Lipinski definition) is 3. The molecule has 0 bridgehead atoms. The van der Waals surface area contributed by atoms with Gasteiger partial charge in [0, 0.05) is 29.2 Å². The van der Waals surface area contributed by atoms with Gasteiger partial charge in [0.15, 0.2) is 0 Å². The van der Waals surface area contributed by atoms with Crippen molar-refractivity contribution in [1.82, 2.24) is 14.7 Å². The van der Waals surface area contributed by atoms with E-state index in [1.807, 2.05) is 6.92 Å². The zero-order valence-electron chi connectivity index (χ0n) is 15.1. The molecule has 1 fully saturated rings. The molecule has 5 heteroatoms. The molecule has 4 nitrogen and oxygen atoms in total. The topological polar surface area (TPSA) is 38.1 Å². The van der Waals surface area contributed by atoms with Crippen molar-refractivity contribution < 1.29 is 4.79 Å². The fraction of sp³-hybridized carbons (Fsp3) is 0.579. The first-order valence-electron chi connectivity index (χ1n) is 8.83. The molecule has 1 unspecified atom stereocenters. The molecule has 0 N–H and O–H groups in total. The van der Waals surface area contributed by atoms with Gasteiger partial charge in [0.05, 0.1) is 18.2 Å². The summed E-state index contributed by atoms with van der Waals surface area (Å²) < 4.78 is 2.06. The number of rotatable bonds is 5. The predicted molar refractivity (Wildman–Crippen MR) is 98.3 cm³/mol. The molecule has 0 spiro atoms. The molecule has 130 valence electrons. The molecule has 1 aliphatic heterocycles. The van der Waals surface area contributed by atoms with E-state index in [1.54, 1.807) is 11.3 Å². The average Bonchev–Trinajstić information content (AvgIpc) is 3.23. The lowest BCUT2D eigenvalue weighted by Gasteiger charge is -2.24. The van der Waals surface area contributed by atoms with E-state index in [0.717, 1.165) is 42.9 Å². The van der Waals surface area contributed by atoms with Crippen LogP contribution in [0.2, 0.25) is 0 Å². The van der Waals surface area contributed by atoms with E-state index in [1.165, 1.54) is 4.88 Å². The van der Waals surface area contributed by atoms with Gasteiger partial charge in [-0.25, -0.2) is 0 Å². The van der Waals surface area contributed by atoms with Gasteiger partial charge in [0.1, 0.15) is 0 Å². The molecule has 1 amide bonds. The Kier molecular flexibility index (Phi) is 5.09. The summed E-state index contributed by atoms with van der Waals surface area (Å²) in [5.74, 6) is 0.787. The lowest BCUT2D eigenvalue weighted by atomic mass is 10.1. The van der Waals surface area contributed by atoms with Crippen molar-refractivity contribution in [3.63, 3.8) is 0 Å². The van der Waals surface area contributed by atoms with Gasteiger partial charge in [0.2, 0.25) is 5.91 Å². The van der Waals surface area contributed by atoms with E-state index in [-0.39, 0.29) is 11.9 Å². The fourth-order valence-electron chi connectivity index (χ4n) is 3.61. The van der Waals surface area contributed by atoms with E-state index in [4.69, 9.17) is 0 Å². The van der Waals surface area contributed by atoms with Gasteiger partial charge in [-0.2, -0.15) is 5.10 Å². The van der Waals surface area contributed by atoms with Crippen LogP contribution in [-0.2, 0) is 17.8 Å². The Morgan fingerprint density at radius 1 is 1.42 bits per heavy atom. The van der Waals surface area contributed by atoms with Gasteiger partial charge < -0.3 is 4.90 Å². The molecular formula is C19H27N3OS. The van der Waals surface area contributed by atoms with Gasteiger partial charge in [-0.15, -0.1) is 11.3 Å². The Morgan fingerprint density at radius 2 is 2.21 bits per heavy atom. The highest BCUT2D eigenvalue weighted by Crippen LogP contribution is 2.35. The highest BCUT2D eigenvalue weighted by atomic mass is 32.1. The Morgan fingerprint density at radius 3 is 2.88 bits per heavy atom. The molecule has 0 aromatic carbocycles. The van der Waals surface area contributed by atoms with Gasteiger partial charge in [-0.3, -0.25) is 9.48 Å². The van der Waals surface area contributed by atoms with Crippen molar-refractivity contribution in [3.8, 4) is 0 Å². The minimum Gasteiger partial charge on any atom is -0.335 e. The van der Waals surface area contributed by atoms with Crippen LogP contribution >= 0.6 is 11.3 Å². The van der Waals surface area contributed by atoms with Crippen molar-refractivity contribution in [3.05, 3.63) is 39.3 Å².